The van der Waals surface area contributed by atoms with Gasteiger partial charge in [-0.1, -0.05) is 6.07 Å². The summed E-state index contributed by atoms with van der Waals surface area (Å²) in [5, 5.41) is 2.93. The van der Waals surface area contributed by atoms with Crippen molar-refractivity contribution in [2.45, 2.75) is 6.42 Å². The van der Waals surface area contributed by atoms with E-state index in [4.69, 9.17) is 10.5 Å². The molecule has 0 atom stereocenters. The summed E-state index contributed by atoms with van der Waals surface area (Å²) in [6, 6.07) is 10.7. The molecule has 0 spiro atoms. The number of methoxy groups -OCH3 is 1. The van der Waals surface area contributed by atoms with Crippen LogP contribution in [0.25, 0.3) is 0 Å². The van der Waals surface area contributed by atoms with Crippen molar-refractivity contribution in [1.82, 2.24) is 0 Å². The molecular weight excluding hydrogens is 415 g/mol. The summed E-state index contributed by atoms with van der Waals surface area (Å²) in [7, 11) is 1.58. The van der Waals surface area contributed by atoms with E-state index in [-0.39, 0.29) is 29.9 Å². The Labute approximate surface area is 150 Å². The van der Waals surface area contributed by atoms with E-state index >= 15 is 0 Å². The lowest BCUT2D eigenvalue weighted by Crippen LogP contribution is -2.23. The van der Waals surface area contributed by atoms with Crippen LogP contribution in [-0.4, -0.2) is 19.6 Å². The van der Waals surface area contributed by atoms with Gasteiger partial charge in [-0.25, -0.2) is 8.78 Å². The predicted octanol–water partition coefficient (Wildman–Crippen LogP) is 3.56. The minimum absolute atomic E-state index is 0. The highest BCUT2D eigenvalue weighted by molar-refractivity contribution is 14.0. The highest BCUT2D eigenvalue weighted by Gasteiger charge is 2.01. The molecule has 3 N–H and O–H groups in total. The van der Waals surface area contributed by atoms with Crippen LogP contribution in [-0.2, 0) is 6.42 Å². The van der Waals surface area contributed by atoms with Crippen LogP contribution in [0.2, 0.25) is 0 Å². The molecule has 0 aromatic heterocycles. The minimum atomic E-state index is -0.596. The summed E-state index contributed by atoms with van der Waals surface area (Å²) in [5.74, 6) is -0.263. The summed E-state index contributed by atoms with van der Waals surface area (Å²) < 4.78 is 31.2. The molecule has 2 aromatic rings. The highest BCUT2D eigenvalue weighted by atomic mass is 127. The Bertz CT molecular complexity index is 660. The quantitative estimate of drug-likeness (QED) is 0.431. The molecule has 0 aliphatic carbocycles. The van der Waals surface area contributed by atoms with Crippen LogP contribution in [0.15, 0.2) is 47.5 Å². The molecular formula is C16H18F2IN3O. The number of nitrogens with one attached hydrogen (secondary N) is 1. The number of nitrogens with zero attached hydrogens (tertiary/aromatic N) is 1. The standard InChI is InChI=1S/C16H17F2N3O.HI/c1-22-15-4-2-3-14(10-15)21-16(19)20-6-5-11-7-12(17)9-13(18)8-11;/h2-4,7-10H,5-6H2,1H3,(H3,19,20,21);1H. The van der Waals surface area contributed by atoms with Crippen LogP contribution in [0.3, 0.4) is 0 Å². The first-order valence-corrected chi connectivity index (χ1v) is 6.73. The maximum atomic E-state index is 13.0. The van der Waals surface area contributed by atoms with Gasteiger partial charge in [0, 0.05) is 24.4 Å². The average molecular weight is 433 g/mol. The maximum Gasteiger partial charge on any atom is 0.193 e. The van der Waals surface area contributed by atoms with Crippen molar-refractivity contribution < 1.29 is 13.5 Å². The SMILES string of the molecule is COc1cccc(NC(N)=NCCc2cc(F)cc(F)c2)c1.I. The summed E-state index contributed by atoms with van der Waals surface area (Å²) in [5.41, 5.74) is 7.06. The fraction of sp³-hybridized carbons (Fsp3) is 0.188. The van der Waals surface area contributed by atoms with Gasteiger partial charge >= 0.3 is 0 Å². The van der Waals surface area contributed by atoms with Crippen molar-refractivity contribution in [3.63, 3.8) is 0 Å². The van der Waals surface area contributed by atoms with Gasteiger partial charge in [0.1, 0.15) is 17.4 Å². The number of benzene rings is 2. The Kier molecular flexibility index (Phi) is 7.73. The van der Waals surface area contributed by atoms with E-state index in [9.17, 15) is 8.78 Å². The van der Waals surface area contributed by atoms with Gasteiger partial charge in [0.05, 0.1) is 7.11 Å². The Hall–Kier alpha value is -1.90. The molecule has 23 heavy (non-hydrogen) atoms. The molecule has 2 aromatic carbocycles. The molecule has 0 fully saturated rings. The monoisotopic (exact) mass is 433 g/mol. The first-order chi connectivity index (χ1) is 10.6. The fourth-order valence-electron chi connectivity index (χ4n) is 1.95. The minimum Gasteiger partial charge on any atom is -0.497 e. The van der Waals surface area contributed by atoms with Crippen LogP contribution in [0.1, 0.15) is 5.56 Å². The molecule has 7 heteroatoms. The lowest BCUT2D eigenvalue weighted by molar-refractivity contribution is 0.415. The predicted molar refractivity (Wildman–Crippen MR) is 98.6 cm³/mol. The fourth-order valence-corrected chi connectivity index (χ4v) is 1.95. The number of halogens is 3. The van der Waals surface area contributed by atoms with E-state index in [1.54, 1.807) is 13.2 Å². The number of ether oxygens (including phenoxy) is 1. The zero-order chi connectivity index (χ0) is 15.9. The van der Waals surface area contributed by atoms with Crippen molar-refractivity contribution in [3.8, 4) is 5.75 Å². The summed E-state index contributed by atoms with van der Waals surface area (Å²) in [6.45, 7) is 0.325. The number of hydrogen-bond donors (Lipinski definition) is 2. The molecule has 124 valence electrons. The van der Waals surface area contributed by atoms with Crippen LogP contribution in [0.4, 0.5) is 14.5 Å². The number of nitrogens with two attached hydrogens (primary N) is 1. The highest BCUT2D eigenvalue weighted by Crippen LogP contribution is 2.16. The molecule has 2 rings (SSSR count). The van der Waals surface area contributed by atoms with Crippen molar-refractivity contribution >= 4 is 35.6 Å². The topological polar surface area (TPSA) is 59.6 Å². The van der Waals surface area contributed by atoms with E-state index in [2.05, 4.69) is 10.3 Å². The first-order valence-electron chi connectivity index (χ1n) is 6.73. The van der Waals surface area contributed by atoms with Crippen molar-refractivity contribution in [2.24, 2.45) is 10.7 Å². The molecule has 0 unspecified atom stereocenters. The Morgan fingerprint density at radius 3 is 2.52 bits per heavy atom. The van der Waals surface area contributed by atoms with Gasteiger partial charge in [-0.2, -0.15) is 0 Å². The number of hydrogen-bond acceptors (Lipinski definition) is 2. The summed E-state index contributed by atoms with van der Waals surface area (Å²) in [6.07, 6.45) is 0.398. The molecule has 0 aliphatic rings. The molecule has 0 radical (unpaired) electrons. The summed E-state index contributed by atoms with van der Waals surface area (Å²) >= 11 is 0. The molecule has 0 heterocycles. The van der Waals surface area contributed by atoms with E-state index < -0.39 is 11.6 Å². The van der Waals surface area contributed by atoms with Crippen molar-refractivity contribution in [3.05, 3.63) is 59.7 Å². The number of aliphatic imine (C=N–C) groups is 1. The third-order valence-electron chi connectivity index (χ3n) is 2.95. The van der Waals surface area contributed by atoms with Gasteiger partial charge < -0.3 is 15.8 Å². The Morgan fingerprint density at radius 1 is 1.17 bits per heavy atom. The molecule has 4 nitrogen and oxygen atoms in total. The molecule has 0 saturated carbocycles. The lowest BCUT2D eigenvalue weighted by atomic mass is 10.1. The lowest BCUT2D eigenvalue weighted by Gasteiger charge is -2.07. The smallest absolute Gasteiger partial charge is 0.193 e. The zero-order valence-electron chi connectivity index (χ0n) is 12.6. The molecule has 0 aliphatic heterocycles. The Balaban J connectivity index is 0.00000264. The molecule has 0 saturated heterocycles. The van der Waals surface area contributed by atoms with Gasteiger partial charge in [0.25, 0.3) is 0 Å². The van der Waals surface area contributed by atoms with Crippen LogP contribution < -0.4 is 15.8 Å². The maximum absolute atomic E-state index is 13.0. The number of anilines is 1. The second-order valence-corrected chi connectivity index (χ2v) is 4.65. The van der Waals surface area contributed by atoms with E-state index in [0.29, 0.717) is 24.3 Å². The van der Waals surface area contributed by atoms with E-state index in [1.165, 1.54) is 12.1 Å². The van der Waals surface area contributed by atoms with Gasteiger partial charge in [-0.15, -0.1) is 24.0 Å². The van der Waals surface area contributed by atoms with E-state index in [0.717, 1.165) is 11.8 Å². The van der Waals surface area contributed by atoms with Gasteiger partial charge in [0.15, 0.2) is 5.96 Å². The molecule has 0 amide bonds. The van der Waals surface area contributed by atoms with Gasteiger partial charge in [-0.3, -0.25) is 4.99 Å². The normalized spacial score (nSPS) is 10.8. The van der Waals surface area contributed by atoms with Crippen molar-refractivity contribution in [1.29, 1.82) is 0 Å². The second-order valence-electron chi connectivity index (χ2n) is 4.65. The van der Waals surface area contributed by atoms with E-state index in [1.807, 2.05) is 18.2 Å². The number of guanidine groups is 1. The third kappa shape index (κ3) is 6.39. The first kappa shape index (κ1) is 19.1. The molecule has 0 bridgehead atoms. The summed E-state index contributed by atoms with van der Waals surface area (Å²) in [4.78, 5) is 4.13. The number of rotatable bonds is 5. The Morgan fingerprint density at radius 2 is 1.87 bits per heavy atom. The third-order valence-corrected chi connectivity index (χ3v) is 2.95. The largest absolute Gasteiger partial charge is 0.497 e. The van der Waals surface area contributed by atoms with Crippen LogP contribution in [0, 0.1) is 11.6 Å². The van der Waals surface area contributed by atoms with Crippen LogP contribution >= 0.6 is 24.0 Å². The average Bonchev–Trinajstić information content (AvgIpc) is 2.46. The van der Waals surface area contributed by atoms with Crippen molar-refractivity contribution in [2.75, 3.05) is 19.0 Å². The van der Waals surface area contributed by atoms with Crippen LogP contribution in [0.5, 0.6) is 5.75 Å². The zero-order valence-corrected chi connectivity index (χ0v) is 14.9. The second kappa shape index (κ2) is 9.29. The van der Waals surface area contributed by atoms with Gasteiger partial charge in [0.2, 0.25) is 0 Å². The van der Waals surface area contributed by atoms with Gasteiger partial charge in [-0.05, 0) is 36.2 Å².